The fourth-order valence-electron chi connectivity index (χ4n) is 3.11. The van der Waals surface area contributed by atoms with Gasteiger partial charge in [-0.15, -0.1) is 0 Å². The average molecular weight is 589 g/mol. The van der Waals surface area contributed by atoms with Gasteiger partial charge in [0.1, 0.15) is 12.2 Å². The zero-order valence-electron chi connectivity index (χ0n) is 24.4. The Bertz CT molecular complexity index is 510. The molecule has 0 N–H and O–H groups in total. The van der Waals surface area contributed by atoms with Gasteiger partial charge in [0, 0.05) is 54.8 Å². The van der Waals surface area contributed by atoms with Crippen LogP contribution in [0, 0.1) is 0 Å². The Kier molecular flexibility index (Phi) is 21.4. The van der Waals surface area contributed by atoms with E-state index in [1.165, 1.54) is 0 Å². The smallest absolute Gasteiger partial charge is 0.398 e. The normalized spacial score (nSPS) is 18.8. The molecule has 0 aliphatic carbocycles. The van der Waals surface area contributed by atoms with Gasteiger partial charge in [-0.2, -0.15) is 0 Å². The van der Waals surface area contributed by atoms with Gasteiger partial charge in [0.05, 0.1) is 66.1 Å². The Hall–Kier alpha value is -0.0462. The molecule has 0 bridgehead atoms. The number of methoxy groups -OCH3 is 3. The van der Waals surface area contributed by atoms with Gasteiger partial charge < -0.3 is 55.3 Å². The van der Waals surface area contributed by atoms with Gasteiger partial charge in [-0.1, -0.05) is 0 Å². The summed E-state index contributed by atoms with van der Waals surface area (Å²) >= 11 is 0. The van der Waals surface area contributed by atoms with Crippen molar-refractivity contribution in [3.05, 3.63) is 0 Å². The van der Waals surface area contributed by atoms with Crippen molar-refractivity contribution in [3.63, 3.8) is 0 Å². The second-order valence-corrected chi connectivity index (χ2v) is 15.3. The van der Waals surface area contributed by atoms with Crippen molar-refractivity contribution in [2.45, 2.75) is 43.7 Å². The van der Waals surface area contributed by atoms with Crippen LogP contribution in [0.3, 0.4) is 0 Å². The molecular formula is C24H52O12Si2. The van der Waals surface area contributed by atoms with Crippen molar-refractivity contribution >= 4 is 17.4 Å². The Balaban J connectivity index is 0.000000437. The highest BCUT2D eigenvalue weighted by Gasteiger charge is 2.41. The molecule has 0 amide bonds. The molecule has 0 aromatic rings. The van der Waals surface area contributed by atoms with Gasteiger partial charge >= 0.3 is 17.4 Å². The topological polar surface area (TPSA) is 117 Å². The minimum Gasteiger partial charge on any atom is -0.398 e. The molecule has 2 atom stereocenters. The van der Waals surface area contributed by atoms with Gasteiger partial charge in [-0.25, -0.2) is 0 Å². The molecule has 2 aliphatic heterocycles. The van der Waals surface area contributed by atoms with E-state index in [1.807, 2.05) is 0 Å². The van der Waals surface area contributed by atoms with Crippen molar-refractivity contribution in [2.75, 3.05) is 115 Å². The van der Waals surface area contributed by atoms with Crippen LogP contribution in [-0.2, 0) is 55.3 Å². The Morgan fingerprint density at radius 2 is 0.974 bits per heavy atom. The third-order valence-corrected chi connectivity index (χ3v) is 11.7. The van der Waals surface area contributed by atoms with Crippen LogP contribution >= 0.6 is 0 Å². The molecule has 12 nitrogen and oxygen atoms in total. The van der Waals surface area contributed by atoms with E-state index in [4.69, 9.17) is 55.3 Å². The molecule has 2 heterocycles. The maximum absolute atomic E-state index is 5.98. The van der Waals surface area contributed by atoms with Crippen molar-refractivity contribution in [1.29, 1.82) is 0 Å². The molecule has 14 heteroatoms. The summed E-state index contributed by atoms with van der Waals surface area (Å²) in [5, 5.41) is 0. The fourth-order valence-corrected chi connectivity index (χ4v) is 6.92. The van der Waals surface area contributed by atoms with E-state index in [2.05, 4.69) is 6.55 Å². The SMILES string of the molecule is COCCO[Si](CCCOCC1CO1)(OCCOC)OCCOC.CO[Si](C)(CCCOCC1CO1)OC. The maximum Gasteiger partial charge on any atom is 0.501 e. The van der Waals surface area contributed by atoms with E-state index in [0.29, 0.717) is 65.0 Å². The molecule has 0 radical (unpaired) electrons. The summed E-state index contributed by atoms with van der Waals surface area (Å²) < 4.78 is 65.0. The first kappa shape index (κ1) is 36.0. The number of epoxide rings is 2. The van der Waals surface area contributed by atoms with Crippen molar-refractivity contribution in [2.24, 2.45) is 0 Å². The molecule has 2 aliphatic rings. The van der Waals surface area contributed by atoms with Crippen LogP contribution in [0.25, 0.3) is 0 Å². The lowest BCUT2D eigenvalue weighted by molar-refractivity contribution is 0.0126. The van der Waals surface area contributed by atoms with Crippen molar-refractivity contribution in [3.8, 4) is 0 Å². The highest BCUT2D eigenvalue weighted by molar-refractivity contribution is 6.65. The summed E-state index contributed by atoms with van der Waals surface area (Å²) in [6.45, 7) is 9.28. The monoisotopic (exact) mass is 588 g/mol. The zero-order chi connectivity index (χ0) is 28.0. The predicted octanol–water partition coefficient (Wildman–Crippen LogP) is 1.88. The summed E-state index contributed by atoms with van der Waals surface area (Å²) in [6, 6.07) is 1.65. The van der Waals surface area contributed by atoms with Crippen LogP contribution < -0.4 is 0 Å². The lowest BCUT2D eigenvalue weighted by Gasteiger charge is -2.29. The Morgan fingerprint density at radius 1 is 0.579 bits per heavy atom. The van der Waals surface area contributed by atoms with E-state index in [1.54, 1.807) is 35.5 Å². The van der Waals surface area contributed by atoms with Gasteiger partial charge in [-0.3, -0.25) is 0 Å². The van der Waals surface area contributed by atoms with Gasteiger partial charge in [0.2, 0.25) is 0 Å². The van der Waals surface area contributed by atoms with Crippen LogP contribution in [0.15, 0.2) is 0 Å². The highest BCUT2D eigenvalue weighted by atomic mass is 28.4. The van der Waals surface area contributed by atoms with E-state index in [0.717, 1.165) is 45.3 Å². The molecule has 0 saturated carbocycles. The van der Waals surface area contributed by atoms with Crippen LogP contribution in [0.1, 0.15) is 12.8 Å². The van der Waals surface area contributed by atoms with Gasteiger partial charge in [0.15, 0.2) is 0 Å². The number of rotatable bonds is 26. The predicted molar refractivity (Wildman–Crippen MR) is 145 cm³/mol. The number of ether oxygens (including phenoxy) is 7. The maximum atomic E-state index is 5.98. The summed E-state index contributed by atoms with van der Waals surface area (Å²) in [4.78, 5) is 0. The molecule has 0 aromatic carbocycles. The molecule has 2 fully saturated rings. The molecule has 2 rings (SSSR count). The second kappa shape index (κ2) is 22.6. The number of hydrogen-bond acceptors (Lipinski definition) is 12. The first-order chi connectivity index (χ1) is 18.5. The molecular weight excluding hydrogens is 536 g/mol. The minimum absolute atomic E-state index is 0.279. The third kappa shape index (κ3) is 19.1. The highest BCUT2D eigenvalue weighted by Crippen LogP contribution is 2.19. The zero-order valence-corrected chi connectivity index (χ0v) is 26.4. The quantitative estimate of drug-likeness (QED) is 0.0834. The van der Waals surface area contributed by atoms with Crippen molar-refractivity contribution in [1.82, 2.24) is 0 Å². The summed E-state index contributed by atoms with van der Waals surface area (Å²) in [6.07, 6.45) is 2.44. The fraction of sp³-hybridized carbons (Fsp3) is 1.00. The van der Waals surface area contributed by atoms with Crippen LogP contribution in [0.5, 0.6) is 0 Å². The third-order valence-electron chi connectivity index (χ3n) is 5.80. The minimum atomic E-state index is -2.82. The van der Waals surface area contributed by atoms with Gasteiger partial charge in [-0.05, 0) is 25.4 Å². The molecule has 2 unspecified atom stereocenters. The van der Waals surface area contributed by atoms with E-state index >= 15 is 0 Å². The van der Waals surface area contributed by atoms with Crippen molar-refractivity contribution < 1.29 is 55.3 Å². The van der Waals surface area contributed by atoms with Crippen LogP contribution in [0.2, 0.25) is 18.6 Å². The van der Waals surface area contributed by atoms with Crippen LogP contribution in [-0.4, -0.2) is 144 Å². The van der Waals surface area contributed by atoms with Gasteiger partial charge in [0.25, 0.3) is 0 Å². The van der Waals surface area contributed by atoms with E-state index in [-0.39, 0.29) is 6.10 Å². The summed E-state index contributed by atoms with van der Waals surface area (Å²) in [5.74, 6) is 0. The standard InChI is InChI=1S/C15H32O8Si.C9H20O4Si/c1-16-6-9-21-24(22-10-7-17-2,23-11-8-18-3)12-4-5-19-13-15-14-20-15;1-10-14(3,11-2)6-4-5-12-7-9-8-13-9/h15H,4-14H2,1-3H3;9H,4-8H2,1-3H3. The number of hydrogen-bond donors (Lipinski definition) is 0. The first-order valence-electron chi connectivity index (χ1n) is 13.3. The Morgan fingerprint density at radius 3 is 1.32 bits per heavy atom. The molecule has 2 saturated heterocycles. The average Bonchev–Trinajstić information content (AvgIpc) is 3.85. The van der Waals surface area contributed by atoms with Crippen LogP contribution in [0.4, 0.5) is 0 Å². The summed E-state index contributed by atoms with van der Waals surface area (Å²) in [5.41, 5.74) is 0. The molecule has 0 aromatic heterocycles. The Labute approximate surface area is 231 Å². The van der Waals surface area contributed by atoms with E-state index in [9.17, 15) is 0 Å². The molecule has 0 spiro atoms. The second-order valence-electron chi connectivity index (χ2n) is 9.02. The lowest BCUT2D eigenvalue weighted by atomic mass is 10.5. The first-order valence-corrected chi connectivity index (χ1v) is 17.8. The molecule has 228 valence electrons. The lowest BCUT2D eigenvalue weighted by Crippen LogP contribution is -2.48. The van der Waals surface area contributed by atoms with E-state index < -0.39 is 17.4 Å². The molecule has 38 heavy (non-hydrogen) atoms. The summed E-state index contributed by atoms with van der Waals surface area (Å²) in [7, 11) is 3.65. The largest absolute Gasteiger partial charge is 0.501 e.